The first-order valence-corrected chi connectivity index (χ1v) is 9.92. The van der Waals surface area contributed by atoms with Gasteiger partial charge in [0.15, 0.2) is 0 Å². The van der Waals surface area contributed by atoms with Crippen LogP contribution in [0, 0.1) is 0 Å². The zero-order valence-electron chi connectivity index (χ0n) is 13.0. The molecule has 1 aromatic heterocycles. The predicted octanol–water partition coefficient (Wildman–Crippen LogP) is 2.94. The van der Waals surface area contributed by atoms with Gasteiger partial charge in [0, 0.05) is 13.1 Å². The summed E-state index contributed by atoms with van der Waals surface area (Å²) >= 11 is 1.10. The Morgan fingerprint density at radius 2 is 1.95 bits per heavy atom. The molecule has 2 aromatic rings. The number of thiazole rings is 1. The van der Waals surface area contributed by atoms with Gasteiger partial charge in [0.1, 0.15) is 0 Å². The number of aromatic nitrogens is 1. The molecule has 0 atom stereocenters. The fraction of sp³-hybridized carbons (Fsp3) is 0.533. The number of fused-ring (bicyclic) bond motifs is 1. The van der Waals surface area contributed by atoms with Gasteiger partial charge in [-0.25, -0.2) is 13.1 Å². The molecule has 0 radical (unpaired) electrons. The van der Waals surface area contributed by atoms with E-state index in [2.05, 4.69) is 11.6 Å². The average Bonchev–Trinajstić information content (AvgIpc) is 2.79. The van der Waals surface area contributed by atoms with Crippen LogP contribution >= 0.6 is 11.3 Å². The van der Waals surface area contributed by atoms with Crippen LogP contribution in [0.5, 0.6) is 0 Å². The van der Waals surface area contributed by atoms with Crippen molar-refractivity contribution in [2.24, 2.45) is 0 Å². The topological polar surface area (TPSA) is 68.2 Å². The number of nitrogens with zero attached hydrogens (tertiary/aromatic N) is 1. The fourth-order valence-electron chi connectivity index (χ4n) is 2.31. The SMILES string of the molecule is CCCCCNS(=O)(=O)c1ccc2c(c1)sc(=O)n2CCC. The molecule has 0 bridgehead atoms. The molecule has 0 amide bonds. The van der Waals surface area contributed by atoms with Crippen LogP contribution in [0.1, 0.15) is 39.5 Å². The van der Waals surface area contributed by atoms with E-state index >= 15 is 0 Å². The van der Waals surface area contributed by atoms with Crippen molar-refractivity contribution in [3.8, 4) is 0 Å². The van der Waals surface area contributed by atoms with Crippen molar-refractivity contribution in [2.75, 3.05) is 6.54 Å². The van der Waals surface area contributed by atoms with E-state index in [0.717, 1.165) is 47.2 Å². The summed E-state index contributed by atoms with van der Waals surface area (Å²) < 4.78 is 29.6. The minimum absolute atomic E-state index is 0.0395. The van der Waals surface area contributed by atoms with E-state index < -0.39 is 10.0 Å². The zero-order chi connectivity index (χ0) is 16.2. The number of nitrogens with one attached hydrogen (secondary N) is 1. The first kappa shape index (κ1) is 17.2. The van der Waals surface area contributed by atoms with Gasteiger partial charge < -0.3 is 0 Å². The van der Waals surface area contributed by atoms with Crippen molar-refractivity contribution < 1.29 is 8.42 Å². The average molecular weight is 342 g/mol. The van der Waals surface area contributed by atoms with E-state index in [1.165, 1.54) is 0 Å². The second-order valence-electron chi connectivity index (χ2n) is 5.25. The molecule has 1 heterocycles. The van der Waals surface area contributed by atoms with E-state index in [1.54, 1.807) is 22.8 Å². The van der Waals surface area contributed by atoms with E-state index in [0.29, 0.717) is 13.1 Å². The molecule has 0 saturated carbocycles. The van der Waals surface area contributed by atoms with Crippen molar-refractivity contribution in [3.05, 3.63) is 27.9 Å². The summed E-state index contributed by atoms with van der Waals surface area (Å²) in [5.41, 5.74) is 0.807. The highest BCUT2D eigenvalue weighted by Gasteiger charge is 2.16. The third kappa shape index (κ3) is 3.77. The van der Waals surface area contributed by atoms with Crippen LogP contribution in [-0.4, -0.2) is 19.5 Å². The number of aryl methyl sites for hydroxylation is 1. The van der Waals surface area contributed by atoms with Gasteiger partial charge in [0.05, 0.1) is 15.1 Å². The van der Waals surface area contributed by atoms with Gasteiger partial charge in [-0.2, -0.15) is 0 Å². The van der Waals surface area contributed by atoms with Crippen molar-refractivity contribution in [1.82, 2.24) is 9.29 Å². The third-order valence-corrected chi connectivity index (χ3v) is 5.87. The predicted molar refractivity (Wildman–Crippen MR) is 91.1 cm³/mol. The maximum atomic E-state index is 12.3. The van der Waals surface area contributed by atoms with E-state index in [9.17, 15) is 13.2 Å². The maximum absolute atomic E-state index is 12.3. The van der Waals surface area contributed by atoms with Gasteiger partial charge in [0.2, 0.25) is 10.0 Å². The van der Waals surface area contributed by atoms with Crippen LogP contribution in [0.2, 0.25) is 0 Å². The van der Waals surface area contributed by atoms with Crippen molar-refractivity contribution in [3.63, 3.8) is 0 Å². The van der Waals surface area contributed by atoms with Crippen LogP contribution in [0.4, 0.5) is 0 Å². The Morgan fingerprint density at radius 1 is 1.18 bits per heavy atom. The molecule has 0 saturated heterocycles. The van der Waals surface area contributed by atoms with Gasteiger partial charge in [-0.1, -0.05) is 38.0 Å². The second kappa shape index (κ2) is 7.39. The molecule has 7 heteroatoms. The number of hydrogen-bond donors (Lipinski definition) is 1. The van der Waals surface area contributed by atoms with Gasteiger partial charge in [-0.05, 0) is 31.0 Å². The molecule has 0 aliphatic rings. The summed E-state index contributed by atoms with van der Waals surface area (Å²) in [7, 11) is -3.50. The maximum Gasteiger partial charge on any atom is 0.308 e. The lowest BCUT2D eigenvalue weighted by molar-refractivity contribution is 0.576. The smallest absolute Gasteiger partial charge is 0.299 e. The summed E-state index contributed by atoms with van der Waals surface area (Å²) in [5.74, 6) is 0. The standard InChI is InChI=1S/C15H22N2O3S2/c1-3-5-6-9-16-22(19,20)12-7-8-13-14(11-12)21-15(18)17(13)10-4-2/h7-8,11,16H,3-6,9-10H2,1-2H3. The minimum Gasteiger partial charge on any atom is -0.299 e. The summed E-state index contributed by atoms with van der Waals surface area (Å²) in [5, 5.41) is 0. The van der Waals surface area contributed by atoms with Crippen LogP contribution in [0.15, 0.2) is 27.9 Å². The minimum atomic E-state index is -3.50. The Hall–Kier alpha value is -1.18. The lowest BCUT2D eigenvalue weighted by atomic mass is 10.3. The number of sulfonamides is 1. The van der Waals surface area contributed by atoms with E-state index in [1.807, 2.05) is 6.92 Å². The monoisotopic (exact) mass is 342 g/mol. The van der Waals surface area contributed by atoms with Gasteiger partial charge in [0.25, 0.3) is 0 Å². The zero-order valence-corrected chi connectivity index (χ0v) is 14.6. The number of benzene rings is 1. The highest BCUT2D eigenvalue weighted by Crippen LogP contribution is 2.22. The van der Waals surface area contributed by atoms with Crippen molar-refractivity contribution in [2.45, 2.75) is 51.0 Å². The molecule has 1 aromatic carbocycles. The summed E-state index contributed by atoms with van der Waals surface area (Å²) in [4.78, 5) is 12.1. The molecular weight excluding hydrogens is 320 g/mol. The summed E-state index contributed by atoms with van der Waals surface area (Å²) in [6, 6.07) is 4.89. The van der Waals surface area contributed by atoms with E-state index in [-0.39, 0.29) is 9.77 Å². The second-order valence-corrected chi connectivity index (χ2v) is 8.01. The molecule has 0 unspecified atom stereocenters. The normalized spacial score (nSPS) is 12.1. The molecule has 0 spiro atoms. The lowest BCUT2D eigenvalue weighted by Crippen LogP contribution is -2.24. The molecule has 0 aliphatic heterocycles. The lowest BCUT2D eigenvalue weighted by Gasteiger charge is -2.07. The molecule has 1 N–H and O–H groups in total. The van der Waals surface area contributed by atoms with Crippen LogP contribution < -0.4 is 9.60 Å². The van der Waals surface area contributed by atoms with E-state index in [4.69, 9.17) is 0 Å². The van der Waals surface area contributed by atoms with Crippen LogP contribution in [-0.2, 0) is 16.6 Å². The third-order valence-electron chi connectivity index (χ3n) is 3.47. The molecule has 122 valence electrons. The first-order valence-electron chi connectivity index (χ1n) is 7.62. The highest BCUT2D eigenvalue weighted by molar-refractivity contribution is 7.89. The number of hydrogen-bond acceptors (Lipinski definition) is 4. The van der Waals surface area contributed by atoms with Crippen molar-refractivity contribution >= 4 is 31.6 Å². The quantitative estimate of drug-likeness (QED) is 0.750. The Bertz CT molecular complexity index is 791. The molecule has 5 nitrogen and oxygen atoms in total. The van der Waals surface area contributed by atoms with Crippen LogP contribution in [0.25, 0.3) is 10.2 Å². The van der Waals surface area contributed by atoms with Gasteiger partial charge >= 0.3 is 4.87 Å². The largest absolute Gasteiger partial charge is 0.308 e. The molecule has 0 fully saturated rings. The summed E-state index contributed by atoms with van der Waals surface area (Å²) in [6.07, 6.45) is 3.75. The summed E-state index contributed by atoms with van der Waals surface area (Å²) in [6.45, 7) is 5.18. The Kier molecular flexibility index (Phi) is 5.77. The number of unbranched alkanes of at least 4 members (excludes halogenated alkanes) is 2. The Labute approximate surface area is 135 Å². The molecule has 0 aliphatic carbocycles. The molecule has 2 rings (SSSR count). The first-order chi connectivity index (χ1) is 10.5. The number of rotatable bonds is 8. The fourth-order valence-corrected chi connectivity index (χ4v) is 4.45. The Morgan fingerprint density at radius 3 is 2.64 bits per heavy atom. The highest BCUT2D eigenvalue weighted by atomic mass is 32.2. The van der Waals surface area contributed by atoms with Crippen LogP contribution in [0.3, 0.4) is 0 Å². The Balaban J connectivity index is 2.27. The van der Waals surface area contributed by atoms with Crippen molar-refractivity contribution in [1.29, 1.82) is 0 Å². The molecule has 22 heavy (non-hydrogen) atoms. The van der Waals surface area contributed by atoms with Gasteiger partial charge in [-0.3, -0.25) is 9.36 Å². The molecular formula is C15H22N2O3S2. The van der Waals surface area contributed by atoms with Gasteiger partial charge in [-0.15, -0.1) is 0 Å².